The van der Waals surface area contributed by atoms with E-state index in [9.17, 15) is 18.0 Å². The van der Waals surface area contributed by atoms with Crippen LogP contribution in [0.4, 0.5) is 13.2 Å². The van der Waals surface area contributed by atoms with E-state index in [0.29, 0.717) is 6.42 Å². The molecule has 0 aliphatic rings. The summed E-state index contributed by atoms with van der Waals surface area (Å²) in [5, 5.41) is 0. The Hall–Kier alpha value is -1.00. The largest absolute Gasteiger partial charge is 0.490 e. The first kappa shape index (κ1) is 22.0. The maximum Gasteiger partial charge on any atom is 0.490 e. The molecule has 5 heteroatoms. The first-order chi connectivity index (χ1) is 11.0. The van der Waals surface area contributed by atoms with Crippen molar-refractivity contribution in [3.8, 4) is 0 Å². The predicted molar refractivity (Wildman–Crippen MR) is 87.2 cm³/mol. The Morgan fingerprint density at radius 1 is 0.826 bits per heavy atom. The zero-order valence-corrected chi connectivity index (χ0v) is 14.3. The number of halogens is 3. The van der Waals surface area contributed by atoms with Gasteiger partial charge in [0.1, 0.15) is 0 Å². The van der Waals surface area contributed by atoms with Crippen LogP contribution in [-0.4, -0.2) is 18.8 Å². The fourth-order valence-electron chi connectivity index (χ4n) is 2.23. The van der Waals surface area contributed by atoms with E-state index in [4.69, 9.17) is 0 Å². The Morgan fingerprint density at radius 3 is 1.83 bits per heavy atom. The molecule has 0 fully saturated rings. The number of hydrogen-bond donors (Lipinski definition) is 0. The van der Waals surface area contributed by atoms with E-state index in [1.807, 2.05) is 0 Å². The second-order valence-corrected chi connectivity index (χ2v) is 5.86. The lowest BCUT2D eigenvalue weighted by Crippen LogP contribution is -2.25. The average molecular weight is 336 g/mol. The molecule has 0 rings (SSSR count). The number of unbranched alkanes of at least 4 members (excludes halogenated alkanes) is 10. The summed E-state index contributed by atoms with van der Waals surface area (Å²) >= 11 is 0. The normalized spacial score (nSPS) is 12.0. The molecule has 0 radical (unpaired) electrons. The van der Waals surface area contributed by atoms with Gasteiger partial charge in [-0.05, 0) is 25.7 Å². The quantitative estimate of drug-likeness (QED) is 0.210. The molecule has 0 heterocycles. The van der Waals surface area contributed by atoms with Crippen LogP contribution < -0.4 is 0 Å². The van der Waals surface area contributed by atoms with E-state index in [1.54, 1.807) is 0 Å². The third-order valence-electron chi connectivity index (χ3n) is 3.62. The van der Waals surface area contributed by atoms with Crippen molar-refractivity contribution in [2.75, 3.05) is 6.61 Å². The van der Waals surface area contributed by atoms with Crippen molar-refractivity contribution >= 4 is 5.97 Å². The van der Waals surface area contributed by atoms with Crippen LogP contribution in [-0.2, 0) is 9.53 Å². The number of hydrogen-bond acceptors (Lipinski definition) is 2. The van der Waals surface area contributed by atoms with Crippen LogP contribution in [0.1, 0.15) is 84.0 Å². The van der Waals surface area contributed by atoms with E-state index in [1.165, 1.54) is 44.9 Å². The van der Waals surface area contributed by atoms with Gasteiger partial charge in [-0.3, -0.25) is 0 Å². The van der Waals surface area contributed by atoms with Crippen molar-refractivity contribution in [2.24, 2.45) is 0 Å². The Balaban J connectivity index is 3.19. The number of alkyl halides is 3. The third kappa shape index (κ3) is 15.7. The zero-order chi connectivity index (χ0) is 17.4. The molecule has 0 amide bonds. The maximum absolute atomic E-state index is 11.9. The van der Waals surface area contributed by atoms with Crippen LogP contribution >= 0.6 is 0 Å². The molecule has 136 valence electrons. The molecule has 0 aliphatic heterocycles. The number of rotatable bonds is 14. The number of allylic oxidation sites excluding steroid dienone is 2. The van der Waals surface area contributed by atoms with Gasteiger partial charge in [-0.25, -0.2) is 4.79 Å². The van der Waals surface area contributed by atoms with E-state index >= 15 is 0 Å². The van der Waals surface area contributed by atoms with Crippen LogP contribution in [0.15, 0.2) is 12.2 Å². The fraction of sp³-hybridized carbons (Fsp3) is 0.833. The van der Waals surface area contributed by atoms with Gasteiger partial charge in [0.15, 0.2) is 0 Å². The van der Waals surface area contributed by atoms with Gasteiger partial charge in [-0.15, -0.1) is 0 Å². The van der Waals surface area contributed by atoms with Crippen molar-refractivity contribution in [1.82, 2.24) is 0 Å². The van der Waals surface area contributed by atoms with Crippen LogP contribution in [0.3, 0.4) is 0 Å². The molecule has 0 aromatic carbocycles. The maximum atomic E-state index is 11.9. The summed E-state index contributed by atoms with van der Waals surface area (Å²) in [7, 11) is 0. The molecule has 0 saturated carbocycles. The van der Waals surface area contributed by atoms with Gasteiger partial charge < -0.3 is 4.74 Å². The van der Waals surface area contributed by atoms with Gasteiger partial charge >= 0.3 is 12.1 Å². The average Bonchev–Trinajstić information content (AvgIpc) is 2.50. The molecule has 0 aromatic heterocycles. The third-order valence-corrected chi connectivity index (χ3v) is 3.62. The van der Waals surface area contributed by atoms with Crippen LogP contribution in [0.2, 0.25) is 0 Å². The lowest BCUT2D eigenvalue weighted by atomic mass is 10.1. The summed E-state index contributed by atoms with van der Waals surface area (Å²) in [5.41, 5.74) is 0. The summed E-state index contributed by atoms with van der Waals surface area (Å²) in [4.78, 5) is 10.4. The molecular weight excluding hydrogens is 305 g/mol. The van der Waals surface area contributed by atoms with E-state index in [-0.39, 0.29) is 6.61 Å². The highest BCUT2D eigenvalue weighted by Gasteiger charge is 2.40. The van der Waals surface area contributed by atoms with Gasteiger partial charge in [-0.1, -0.05) is 70.4 Å². The predicted octanol–water partition coefficient (Wildman–Crippen LogP) is 6.35. The molecule has 0 unspecified atom stereocenters. The lowest BCUT2D eigenvalue weighted by Gasteiger charge is -2.06. The van der Waals surface area contributed by atoms with E-state index < -0.39 is 12.1 Å². The second-order valence-electron chi connectivity index (χ2n) is 5.86. The minimum atomic E-state index is -4.87. The number of carbonyl (C=O) groups is 1. The van der Waals surface area contributed by atoms with Crippen LogP contribution in [0.5, 0.6) is 0 Å². The molecule has 0 saturated heterocycles. The minimum Gasteiger partial charge on any atom is -0.459 e. The van der Waals surface area contributed by atoms with Gasteiger partial charge in [0.25, 0.3) is 0 Å². The Kier molecular flexibility index (Phi) is 13.9. The standard InChI is InChI=1S/C18H31F3O2/c1-2-3-4-5-6-7-8-9-10-11-12-13-14-15-16-23-17(22)18(19,20)21/h5-6H,2-4,7-16H2,1H3/b6-5-. The summed E-state index contributed by atoms with van der Waals surface area (Å²) < 4.78 is 39.7. The second kappa shape index (κ2) is 14.6. The summed E-state index contributed by atoms with van der Waals surface area (Å²) in [6.45, 7) is 2.06. The monoisotopic (exact) mass is 336 g/mol. The smallest absolute Gasteiger partial charge is 0.459 e. The Morgan fingerprint density at radius 2 is 1.30 bits per heavy atom. The molecule has 0 spiro atoms. The Labute approximate surface area is 138 Å². The number of carbonyl (C=O) groups excluding carboxylic acids is 1. The van der Waals surface area contributed by atoms with Crippen LogP contribution in [0, 0.1) is 0 Å². The van der Waals surface area contributed by atoms with Crippen molar-refractivity contribution < 1.29 is 22.7 Å². The lowest BCUT2D eigenvalue weighted by molar-refractivity contribution is -0.199. The van der Waals surface area contributed by atoms with Gasteiger partial charge in [0.05, 0.1) is 6.61 Å². The summed E-state index contributed by atoms with van der Waals surface area (Å²) in [5.74, 6) is -2.08. The first-order valence-corrected chi connectivity index (χ1v) is 8.87. The molecule has 0 N–H and O–H groups in total. The highest BCUT2D eigenvalue weighted by atomic mass is 19.4. The fourth-order valence-corrected chi connectivity index (χ4v) is 2.23. The van der Waals surface area contributed by atoms with Crippen LogP contribution in [0.25, 0.3) is 0 Å². The molecule has 0 atom stereocenters. The van der Waals surface area contributed by atoms with Gasteiger partial charge in [0.2, 0.25) is 0 Å². The van der Waals surface area contributed by atoms with Gasteiger partial charge in [0, 0.05) is 0 Å². The molecule has 0 aliphatic carbocycles. The highest BCUT2D eigenvalue weighted by Crippen LogP contribution is 2.17. The molecule has 23 heavy (non-hydrogen) atoms. The van der Waals surface area contributed by atoms with Gasteiger partial charge in [-0.2, -0.15) is 13.2 Å². The zero-order valence-electron chi connectivity index (χ0n) is 14.3. The minimum absolute atomic E-state index is 0.136. The molecule has 0 aromatic rings. The highest BCUT2D eigenvalue weighted by molar-refractivity contribution is 5.75. The molecule has 2 nitrogen and oxygen atoms in total. The summed E-state index contributed by atoms with van der Waals surface area (Å²) in [6.07, 6.45) is 12.8. The SMILES string of the molecule is CCCC/C=C\CCCCCCCCCCOC(=O)C(F)(F)F. The van der Waals surface area contributed by atoms with E-state index in [0.717, 1.165) is 25.7 Å². The van der Waals surface area contributed by atoms with Crippen molar-refractivity contribution in [1.29, 1.82) is 0 Å². The van der Waals surface area contributed by atoms with Crippen molar-refractivity contribution in [3.05, 3.63) is 12.2 Å². The number of esters is 1. The number of ether oxygens (including phenoxy) is 1. The van der Waals surface area contributed by atoms with E-state index in [2.05, 4.69) is 23.8 Å². The topological polar surface area (TPSA) is 26.3 Å². The van der Waals surface area contributed by atoms with Crippen molar-refractivity contribution in [2.45, 2.75) is 90.1 Å². The first-order valence-electron chi connectivity index (χ1n) is 8.87. The Bertz CT molecular complexity index is 312. The van der Waals surface area contributed by atoms with Crippen molar-refractivity contribution in [3.63, 3.8) is 0 Å². The summed E-state index contributed by atoms with van der Waals surface area (Å²) in [6, 6.07) is 0. The molecular formula is C18H31F3O2. The molecule has 0 bridgehead atoms.